The number of nitrogens with zero attached hydrogens (tertiary/aromatic N) is 1. The van der Waals surface area contributed by atoms with Gasteiger partial charge in [0.1, 0.15) is 0 Å². The number of hydrogen-bond acceptors (Lipinski definition) is 5. The van der Waals surface area contributed by atoms with Gasteiger partial charge in [0.2, 0.25) is 0 Å². The van der Waals surface area contributed by atoms with Gasteiger partial charge in [-0.1, -0.05) is 0 Å². The average molecular weight is 268 g/mol. The molecule has 5 heteroatoms. The Balaban J connectivity index is 1.70. The molecule has 1 aromatic heterocycles. The molecule has 3 rings (SSSR count). The smallest absolute Gasteiger partial charge is 0.0794 e. The topological polar surface area (TPSA) is 57.4 Å². The van der Waals surface area contributed by atoms with E-state index in [0.717, 1.165) is 45.5 Å². The fourth-order valence-corrected chi connectivity index (χ4v) is 3.80. The first-order valence-corrected chi connectivity index (χ1v) is 7.53. The Morgan fingerprint density at radius 2 is 2.22 bits per heavy atom. The van der Waals surface area contributed by atoms with Crippen LogP contribution in [0.25, 0.3) is 0 Å². The van der Waals surface area contributed by atoms with Crippen molar-refractivity contribution >= 4 is 11.3 Å². The molecule has 0 saturated carbocycles. The van der Waals surface area contributed by atoms with Crippen molar-refractivity contribution in [3.63, 3.8) is 0 Å². The molecule has 18 heavy (non-hydrogen) atoms. The number of thiazole rings is 1. The highest BCUT2D eigenvalue weighted by Gasteiger charge is 2.41. The molecule has 2 fully saturated rings. The van der Waals surface area contributed by atoms with Gasteiger partial charge < -0.3 is 15.2 Å². The lowest BCUT2D eigenvalue weighted by Crippen LogP contribution is -2.46. The fraction of sp³-hybridized carbons (Fsp3) is 0.769. The third kappa shape index (κ3) is 2.45. The summed E-state index contributed by atoms with van der Waals surface area (Å²) in [5, 5.41) is 0. The Morgan fingerprint density at radius 3 is 2.94 bits per heavy atom. The van der Waals surface area contributed by atoms with E-state index >= 15 is 0 Å². The molecule has 4 nitrogen and oxygen atoms in total. The Morgan fingerprint density at radius 1 is 1.39 bits per heavy atom. The monoisotopic (exact) mass is 268 g/mol. The van der Waals surface area contributed by atoms with Crippen LogP contribution in [0.3, 0.4) is 0 Å². The standard InChI is InChI=1S/C13H20N2O2S/c14-12(11-8-15-9-18-11)10-1-4-17-13(7-10)2-5-16-6-3-13/h8-10,12H,1-7,14H2. The predicted molar refractivity (Wildman–Crippen MR) is 70.5 cm³/mol. The van der Waals surface area contributed by atoms with Crippen molar-refractivity contribution in [2.45, 2.75) is 37.3 Å². The molecule has 2 aliphatic heterocycles. The molecule has 0 radical (unpaired) electrons. The zero-order chi connectivity index (χ0) is 12.4. The minimum atomic E-state index is 0.0312. The van der Waals surface area contributed by atoms with E-state index in [0.29, 0.717) is 5.92 Å². The number of nitrogens with two attached hydrogens (primary N) is 1. The Kier molecular flexibility index (Phi) is 3.66. The normalized spacial score (nSPS) is 29.3. The quantitative estimate of drug-likeness (QED) is 0.892. The van der Waals surface area contributed by atoms with Gasteiger partial charge in [0.25, 0.3) is 0 Å². The third-order valence-electron chi connectivity index (χ3n) is 4.22. The van der Waals surface area contributed by atoms with Crippen LogP contribution in [0.2, 0.25) is 0 Å². The van der Waals surface area contributed by atoms with Gasteiger partial charge in [0, 0.05) is 36.9 Å². The maximum absolute atomic E-state index is 6.39. The van der Waals surface area contributed by atoms with Crippen LogP contribution < -0.4 is 5.73 Å². The Labute approximate surface area is 111 Å². The predicted octanol–water partition coefficient (Wildman–Crippen LogP) is 2.12. The molecule has 0 bridgehead atoms. The maximum Gasteiger partial charge on any atom is 0.0794 e. The van der Waals surface area contributed by atoms with Crippen molar-refractivity contribution in [1.82, 2.24) is 4.98 Å². The number of ether oxygens (including phenoxy) is 2. The van der Waals surface area contributed by atoms with Crippen molar-refractivity contribution in [3.8, 4) is 0 Å². The van der Waals surface area contributed by atoms with Crippen molar-refractivity contribution in [2.75, 3.05) is 19.8 Å². The molecule has 2 unspecified atom stereocenters. The van der Waals surface area contributed by atoms with Crippen molar-refractivity contribution in [1.29, 1.82) is 0 Å². The van der Waals surface area contributed by atoms with E-state index in [4.69, 9.17) is 15.2 Å². The summed E-state index contributed by atoms with van der Waals surface area (Å²) in [5.41, 5.74) is 8.28. The van der Waals surface area contributed by atoms with Crippen LogP contribution in [0.1, 0.15) is 36.6 Å². The van der Waals surface area contributed by atoms with E-state index in [2.05, 4.69) is 4.98 Å². The second kappa shape index (κ2) is 5.25. The molecule has 1 aromatic rings. The van der Waals surface area contributed by atoms with Gasteiger partial charge in [0.05, 0.1) is 11.1 Å². The van der Waals surface area contributed by atoms with E-state index in [1.807, 2.05) is 11.7 Å². The second-order valence-corrected chi connectivity index (χ2v) is 6.24. The van der Waals surface area contributed by atoms with Crippen molar-refractivity contribution in [2.24, 2.45) is 11.7 Å². The lowest BCUT2D eigenvalue weighted by Gasteiger charge is -2.44. The molecule has 2 N–H and O–H groups in total. The van der Waals surface area contributed by atoms with E-state index in [-0.39, 0.29) is 11.6 Å². The first-order chi connectivity index (χ1) is 8.79. The van der Waals surface area contributed by atoms with E-state index in [1.54, 1.807) is 11.3 Å². The molecule has 2 saturated heterocycles. The number of rotatable bonds is 2. The van der Waals surface area contributed by atoms with E-state index < -0.39 is 0 Å². The summed E-state index contributed by atoms with van der Waals surface area (Å²) in [6.45, 7) is 2.47. The lowest BCUT2D eigenvalue weighted by molar-refractivity contribution is -0.149. The van der Waals surface area contributed by atoms with Crippen molar-refractivity contribution in [3.05, 3.63) is 16.6 Å². The summed E-state index contributed by atoms with van der Waals surface area (Å²) in [6, 6.07) is 0.112. The summed E-state index contributed by atoms with van der Waals surface area (Å²) in [5.74, 6) is 0.511. The maximum atomic E-state index is 6.39. The van der Waals surface area contributed by atoms with Crippen LogP contribution in [0.15, 0.2) is 11.7 Å². The van der Waals surface area contributed by atoms with E-state index in [9.17, 15) is 0 Å². The number of aromatic nitrogens is 1. The molecular formula is C13H20N2O2S. The Bertz CT molecular complexity index is 371. The van der Waals surface area contributed by atoms with Crippen LogP contribution in [0.5, 0.6) is 0 Å². The zero-order valence-electron chi connectivity index (χ0n) is 10.5. The minimum Gasteiger partial charge on any atom is -0.381 e. The third-order valence-corrected chi connectivity index (χ3v) is 5.10. The summed E-state index contributed by atoms with van der Waals surface area (Å²) < 4.78 is 11.5. The van der Waals surface area contributed by atoms with Gasteiger partial charge in [-0.3, -0.25) is 4.98 Å². The highest BCUT2D eigenvalue weighted by molar-refractivity contribution is 7.09. The summed E-state index contributed by atoms with van der Waals surface area (Å²) >= 11 is 1.66. The summed E-state index contributed by atoms with van der Waals surface area (Å²) in [6.07, 6.45) is 6.05. The first-order valence-electron chi connectivity index (χ1n) is 6.65. The van der Waals surface area contributed by atoms with E-state index in [1.165, 1.54) is 4.88 Å². The van der Waals surface area contributed by atoms with Gasteiger partial charge in [-0.15, -0.1) is 11.3 Å². The lowest BCUT2D eigenvalue weighted by atomic mass is 9.78. The molecule has 0 aliphatic carbocycles. The molecule has 100 valence electrons. The highest BCUT2D eigenvalue weighted by Crippen LogP contribution is 2.41. The SMILES string of the molecule is NC(c1cncs1)C1CCOC2(CCOCC2)C1. The van der Waals surface area contributed by atoms with Crippen LogP contribution in [0, 0.1) is 5.92 Å². The van der Waals surface area contributed by atoms with Gasteiger partial charge >= 0.3 is 0 Å². The first kappa shape index (κ1) is 12.5. The zero-order valence-corrected chi connectivity index (χ0v) is 11.3. The molecule has 1 spiro atoms. The summed E-state index contributed by atoms with van der Waals surface area (Å²) in [4.78, 5) is 5.33. The summed E-state index contributed by atoms with van der Waals surface area (Å²) in [7, 11) is 0. The molecule has 2 aliphatic rings. The van der Waals surface area contributed by atoms with Gasteiger partial charge in [-0.05, 0) is 31.6 Å². The number of hydrogen-bond donors (Lipinski definition) is 1. The molecule has 0 amide bonds. The molecule has 2 atom stereocenters. The second-order valence-electron chi connectivity index (χ2n) is 5.33. The molecule has 3 heterocycles. The highest BCUT2D eigenvalue weighted by atomic mass is 32.1. The van der Waals surface area contributed by atoms with Crippen LogP contribution in [0.4, 0.5) is 0 Å². The largest absolute Gasteiger partial charge is 0.381 e. The minimum absolute atomic E-state index is 0.0312. The van der Waals surface area contributed by atoms with Crippen LogP contribution >= 0.6 is 11.3 Å². The fourth-order valence-electron chi connectivity index (χ4n) is 3.09. The van der Waals surface area contributed by atoms with Gasteiger partial charge in [0.15, 0.2) is 0 Å². The molecular weight excluding hydrogens is 248 g/mol. The molecule has 0 aromatic carbocycles. The van der Waals surface area contributed by atoms with Crippen LogP contribution in [-0.4, -0.2) is 30.4 Å². The van der Waals surface area contributed by atoms with Crippen LogP contribution in [-0.2, 0) is 9.47 Å². The Hall–Kier alpha value is -0.490. The van der Waals surface area contributed by atoms with Gasteiger partial charge in [-0.25, -0.2) is 0 Å². The average Bonchev–Trinajstić information content (AvgIpc) is 2.93. The van der Waals surface area contributed by atoms with Crippen molar-refractivity contribution < 1.29 is 9.47 Å². The van der Waals surface area contributed by atoms with Gasteiger partial charge in [-0.2, -0.15) is 0 Å².